The first-order valence-corrected chi connectivity index (χ1v) is 11.9. The minimum absolute atomic E-state index is 0.00187. The van der Waals surface area contributed by atoms with E-state index in [0.717, 1.165) is 59.3 Å². The molecule has 3 aromatic carbocycles. The van der Waals surface area contributed by atoms with Crippen LogP contribution in [0, 0.1) is 5.41 Å². The van der Waals surface area contributed by atoms with Gasteiger partial charge in [0.05, 0.1) is 12.3 Å². The highest BCUT2D eigenvalue weighted by Gasteiger charge is 2.18. The second-order valence-corrected chi connectivity index (χ2v) is 8.19. The van der Waals surface area contributed by atoms with Crippen LogP contribution in [-0.2, 0) is 6.42 Å². The van der Waals surface area contributed by atoms with Crippen LogP contribution < -0.4 is 15.9 Å². The van der Waals surface area contributed by atoms with E-state index in [1.54, 1.807) is 0 Å². The Morgan fingerprint density at radius 1 is 1.09 bits per heavy atom. The number of benzene rings is 3. The van der Waals surface area contributed by atoms with Crippen molar-refractivity contribution in [1.82, 2.24) is 4.98 Å². The highest BCUT2D eigenvalue weighted by Crippen LogP contribution is 2.39. The molecule has 1 aromatic heterocycles. The molecule has 0 saturated carbocycles. The molecular formula is C27H30N6O2. The van der Waals surface area contributed by atoms with Gasteiger partial charge in [-0.15, -0.1) is 5.11 Å². The second kappa shape index (κ2) is 11.3. The zero-order valence-corrected chi connectivity index (χ0v) is 20.0. The number of hydrogen-bond acceptors (Lipinski definition) is 6. The van der Waals surface area contributed by atoms with E-state index < -0.39 is 0 Å². The molecule has 0 unspecified atom stereocenters. The van der Waals surface area contributed by atoms with E-state index in [4.69, 9.17) is 20.4 Å². The number of ether oxygens (including phenoxy) is 1. The lowest BCUT2D eigenvalue weighted by atomic mass is 9.94. The summed E-state index contributed by atoms with van der Waals surface area (Å²) in [7, 11) is 0. The third-order valence-corrected chi connectivity index (χ3v) is 5.60. The highest BCUT2D eigenvalue weighted by molar-refractivity contribution is 6.03. The molecule has 0 saturated heterocycles. The van der Waals surface area contributed by atoms with Crippen molar-refractivity contribution in [1.29, 1.82) is 5.41 Å². The summed E-state index contributed by atoms with van der Waals surface area (Å²) in [5.74, 6) is 6.01. The maximum atomic E-state index is 8.31. The van der Waals surface area contributed by atoms with Gasteiger partial charge in [0, 0.05) is 5.56 Å². The van der Waals surface area contributed by atoms with Crippen LogP contribution in [0.5, 0.6) is 5.75 Å². The van der Waals surface area contributed by atoms with Crippen molar-refractivity contribution < 1.29 is 9.15 Å². The molecule has 180 valence electrons. The minimum Gasteiger partial charge on any atom is -0.491 e. The van der Waals surface area contributed by atoms with Crippen LogP contribution >= 0.6 is 0 Å². The third-order valence-electron chi connectivity index (χ3n) is 5.60. The minimum atomic E-state index is -0.00187. The number of nitrogens with two attached hydrogens (primary N) is 1. The predicted octanol–water partition coefficient (Wildman–Crippen LogP) is 7.02. The molecule has 4 aromatic rings. The Kier molecular flexibility index (Phi) is 7.72. The first-order chi connectivity index (χ1) is 17.1. The van der Waals surface area contributed by atoms with Crippen molar-refractivity contribution in [3.8, 4) is 16.9 Å². The van der Waals surface area contributed by atoms with E-state index in [9.17, 15) is 0 Å². The van der Waals surface area contributed by atoms with Gasteiger partial charge in [-0.25, -0.2) is 0 Å². The summed E-state index contributed by atoms with van der Waals surface area (Å²) >= 11 is 0. The van der Waals surface area contributed by atoms with E-state index >= 15 is 0 Å². The molecule has 1 heterocycles. The number of nitrogens with zero attached hydrogens (tertiary/aromatic N) is 3. The molecule has 0 bridgehead atoms. The van der Waals surface area contributed by atoms with Gasteiger partial charge in [0.2, 0.25) is 0 Å². The molecule has 0 fully saturated rings. The number of rotatable bonds is 10. The largest absolute Gasteiger partial charge is 0.491 e. The Morgan fingerprint density at radius 3 is 2.66 bits per heavy atom. The van der Waals surface area contributed by atoms with E-state index in [1.165, 1.54) is 0 Å². The summed E-state index contributed by atoms with van der Waals surface area (Å²) in [6.45, 7) is 4.85. The van der Waals surface area contributed by atoms with Crippen molar-refractivity contribution in [2.75, 3.05) is 11.9 Å². The van der Waals surface area contributed by atoms with E-state index in [0.29, 0.717) is 23.8 Å². The van der Waals surface area contributed by atoms with Crippen LogP contribution in [0.4, 0.5) is 11.7 Å². The van der Waals surface area contributed by atoms with Crippen LogP contribution in [0.25, 0.3) is 22.2 Å². The molecule has 0 amide bonds. The number of nitrogens with one attached hydrogen (secondary N) is 2. The number of oxazole rings is 1. The lowest BCUT2D eigenvalue weighted by Crippen LogP contribution is -2.05. The number of aromatic nitrogens is 1. The summed E-state index contributed by atoms with van der Waals surface area (Å²) in [5.41, 5.74) is 5.74. The number of hydrogen-bond donors (Lipinski definition) is 3. The van der Waals surface area contributed by atoms with E-state index in [-0.39, 0.29) is 5.84 Å². The standard InChI is InChI=1S/C27H30N6O2/c1-3-5-10-18-16-19(20-11-6-7-12-21(20)26(28)32-33-29)17-23(25(18)34-15-4-2)31-27-30-22-13-8-9-14-24(22)35-27/h6-9,11-14,16-17H,3-5,10,15H2,1-2H3,(H,30,31)(H3,28,29,32). The van der Waals surface area contributed by atoms with Gasteiger partial charge >= 0.3 is 0 Å². The molecule has 35 heavy (non-hydrogen) atoms. The van der Waals surface area contributed by atoms with Crippen LogP contribution in [0.2, 0.25) is 0 Å². The van der Waals surface area contributed by atoms with Crippen LogP contribution in [0.15, 0.2) is 75.4 Å². The van der Waals surface area contributed by atoms with Crippen molar-refractivity contribution >= 4 is 28.6 Å². The third kappa shape index (κ3) is 5.48. The molecule has 0 radical (unpaired) electrons. The van der Waals surface area contributed by atoms with Crippen LogP contribution in [0.3, 0.4) is 0 Å². The number of anilines is 2. The summed E-state index contributed by atoms with van der Waals surface area (Å²) < 4.78 is 12.2. The molecule has 8 heteroatoms. The number of aryl methyl sites for hydroxylation is 1. The number of para-hydroxylation sites is 2. The number of unbranched alkanes of at least 4 members (excludes halogenated alkanes) is 1. The molecular weight excluding hydrogens is 440 g/mol. The Labute approximate surface area is 204 Å². The molecule has 0 aliphatic heterocycles. The van der Waals surface area contributed by atoms with Gasteiger partial charge in [-0.3, -0.25) is 5.41 Å². The molecule has 8 nitrogen and oxygen atoms in total. The van der Waals surface area contributed by atoms with Gasteiger partial charge in [-0.1, -0.05) is 61.9 Å². The van der Waals surface area contributed by atoms with E-state index in [2.05, 4.69) is 40.6 Å². The zero-order valence-electron chi connectivity index (χ0n) is 20.0. The molecule has 4 rings (SSSR count). The fraction of sp³-hybridized carbons (Fsp3) is 0.259. The Morgan fingerprint density at radius 2 is 1.89 bits per heavy atom. The molecule has 0 aliphatic carbocycles. The van der Waals surface area contributed by atoms with Crippen LogP contribution in [-0.4, -0.2) is 17.4 Å². The van der Waals surface area contributed by atoms with Gasteiger partial charge in [0.25, 0.3) is 6.01 Å². The monoisotopic (exact) mass is 470 g/mol. The fourth-order valence-electron chi connectivity index (χ4n) is 3.96. The van der Waals surface area contributed by atoms with E-state index in [1.807, 2.05) is 54.6 Å². The van der Waals surface area contributed by atoms with Crippen LogP contribution in [0.1, 0.15) is 44.2 Å². The van der Waals surface area contributed by atoms with Gasteiger partial charge in [-0.05, 0) is 60.2 Å². The van der Waals surface area contributed by atoms with Gasteiger partial charge < -0.3 is 20.3 Å². The molecule has 0 spiro atoms. The average molecular weight is 471 g/mol. The molecule has 4 N–H and O–H groups in total. The quantitative estimate of drug-likeness (QED) is 0.0755. The molecule has 0 atom stereocenters. The van der Waals surface area contributed by atoms with Crippen molar-refractivity contribution in [2.24, 2.45) is 16.2 Å². The summed E-state index contributed by atoms with van der Waals surface area (Å²) in [6, 6.07) is 19.8. The van der Waals surface area contributed by atoms with Crippen molar-refractivity contribution in [3.05, 3.63) is 71.8 Å². The second-order valence-electron chi connectivity index (χ2n) is 8.19. The van der Waals surface area contributed by atoms with Gasteiger partial charge in [0.1, 0.15) is 11.3 Å². The van der Waals surface area contributed by atoms with Crippen molar-refractivity contribution in [3.63, 3.8) is 0 Å². The highest BCUT2D eigenvalue weighted by atomic mass is 16.5. The zero-order chi connectivity index (χ0) is 24.6. The first-order valence-electron chi connectivity index (χ1n) is 11.9. The number of amidine groups is 1. The number of fused-ring (bicyclic) bond motifs is 1. The maximum Gasteiger partial charge on any atom is 0.300 e. The van der Waals surface area contributed by atoms with Gasteiger partial charge in [-0.2, -0.15) is 4.98 Å². The normalized spacial score (nSPS) is 11.3. The summed E-state index contributed by atoms with van der Waals surface area (Å²) in [6.07, 6.45) is 3.83. The first kappa shape index (κ1) is 23.9. The van der Waals surface area contributed by atoms with Crippen molar-refractivity contribution in [2.45, 2.75) is 39.5 Å². The SMILES string of the molecule is CCCCc1cc(-c2ccccc2C(=N)N=NN)cc(Nc2nc3ccccc3o2)c1OCCC. The lowest BCUT2D eigenvalue weighted by molar-refractivity contribution is 0.315. The lowest BCUT2D eigenvalue weighted by Gasteiger charge is -2.19. The predicted molar refractivity (Wildman–Crippen MR) is 139 cm³/mol. The fourth-order valence-corrected chi connectivity index (χ4v) is 3.96. The van der Waals surface area contributed by atoms with Gasteiger partial charge in [0.15, 0.2) is 11.4 Å². The Bertz CT molecular complexity index is 1310. The summed E-state index contributed by atoms with van der Waals surface area (Å²) in [5, 5.41) is 18.7. The maximum absolute atomic E-state index is 8.31. The topological polar surface area (TPSA) is 122 Å². The Hall–Kier alpha value is -4.20. The summed E-state index contributed by atoms with van der Waals surface area (Å²) in [4.78, 5) is 4.59. The Balaban J connectivity index is 1.86. The molecule has 0 aliphatic rings. The smallest absolute Gasteiger partial charge is 0.300 e. The average Bonchev–Trinajstić information content (AvgIpc) is 3.29.